The highest BCUT2D eigenvalue weighted by Gasteiger charge is 2.23. The van der Waals surface area contributed by atoms with E-state index in [1.165, 1.54) is 19.3 Å². The van der Waals surface area contributed by atoms with Crippen LogP contribution < -0.4 is 10.6 Å². The first-order chi connectivity index (χ1) is 8.48. The molecule has 2 rings (SSSR count). The number of rotatable bonds is 2. The van der Waals surface area contributed by atoms with Gasteiger partial charge in [0.25, 0.3) is 0 Å². The predicted octanol–water partition coefficient (Wildman–Crippen LogP) is 3.12. The summed E-state index contributed by atoms with van der Waals surface area (Å²) in [6.45, 7) is 8.95. The van der Waals surface area contributed by atoms with Crippen molar-refractivity contribution in [2.75, 3.05) is 18.0 Å². The maximum Gasteiger partial charge on any atom is 0.128 e. The van der Waals surface area contributed by atoms with Gasteiger partial charge >= 0.3 is 0 Å². The van der Waals surface area contributed by atoms with E-state index >= 15 is 0 Å². The van der Waals surface area contributed by atoms with E-state index < -0.39 is 0 Å². The summed E-state index contributed by atoms with van der Waals surface area (Å²) in [4.78, 5) is 6.96. The summed E-state index contributed by atoms with van der Waals surface area (Å²) in [5.74, 6) is 1.09. The van der Waals surface area contributed by atoms with E-state index in [9.17, 15) is 0 Å². The zero-order valence-corrected chi connectivity index (χ0v) is 11.8. The van der Waals surface area contributed by atoms with Crippen LogP contribution in [0.15, 0.2) is 18.3 Å². The molecule has 0 unspecified atom stereocenters. The summed E-state index contributed by atoms with van der Waals surface area (Å²) < 4.78 is 0. The maximum absolute atomic E-state index is 5.85. The van der Waals surface area contributed by atoms with E-state index in [1.54, 1.807) is 0 Å². The van der Waals surface area contributed by atoms with E-state index in [2.05, 4.69) is 35.9 Å². The van der Waals surface area contributed by atoms with Crippen molar-refractivity contribution in [2.24, 2.45) is 11.1 Å². The molecular formula is C15H25N3. The second-order valence-electron chi connectivity index (χ2n) is 6.24. The van der Waals surface area contributed by atoms with Crippen molar-refractivity contribution in [1.82, 2.24) is 4.98 Å². The van der Waals surface area contributed by atoms with Gasteiger partial charge in [-0.1, -0.05) is 19.9 Å². The number of nitrogens with zero attached hydrogens (tertiary/aromatic N) is 2. The third-order valence-electron chi connectivity index (χ3n) is 3.96. The Morgan fingerprint density at radius 1 is 1.28 bits per heavy atom. The molecule has 2 heterocycles. The van der Waals surface area contributed by atoms with Crippen molar-refractivity contribution in [3.63, 3.8) is 0 Å². The van der Waals surface area contributed by atoms with Gasteiger partial charge in [0.2, 0.25) is 0 Å². The van der Waals surface area contributed by atoms with Gasteiger partial charge < -0.3 is 10.6 Å². The Morgan fingerprint density at radius 2 is 2.06 bits per heavy atom. The average Bonchev–Trinajstić information content (AvgIpc) is 2.50. The molecule has 1 saturated heterocycles. The Morgan fingerprint density at radius 3 is 2.67 bits per heavy atom. The highest BCUT2D eigenvalue weighted by atomic mass is 15.2. The molecule has 1 fully saturated rings. The smallest absolute Gasteiger partial charge is 0.128 e. The van der Waals surface area contributed by atoms with Crippen LogP contribution in [-0.4, -0.2) is 18.1 Å². The molecule has 0 radical (unpaired) electrons. The number of anilines is 1. The third-order valence-corrected chi connectivity index (χ3v) is 3.96. The first-order valence-corrected chi connectivity index (χ1v) is 6.94. The predicted molar refractivity (Wildman–Crippen MR) is 76.7 cm³/mol. The minimum Gasteiger partial charge on any atom is -0.357 e. The molecular weight excluding hydrogens is 222 g/mol. The van der Waals surface area contributed by atoms with Crippen LogP contribution in [0.25, 0.3) is 0 Å². The molecule has 0 bridgehead atoms. The molecule has 0 aromatic carbocycles. The minimum atomic E-state index is 0.0645. The van der Waals surface area contributed by atoms with Gasteiger partial charge in [-0.3, -0.25) is 0 Å². The van der Waals surface area contributed by atoms with Gasteiger partial charge in [-0.25, -0.2) is 4.98 Å². The van der Waals surface area contributed by atoms with Gasteiger partial charge in [-0.05, 0) is 43.2 Å². The summed E-state index contributed by atoms with van der Waals surface area (Å²) in [5, 5.41) is 0. The number of aromatic nitrogens is 1. The van der Waals surface area contributed by atoms with Crippen molar-refractivity contribution in [3.05, 3.63) is 23.9 Å². The Kier molecular flexibility index (Phi) is 3.91. The zero-order chi connectivity index (χ0) is 13.2. The fourth-order valence-corrected chi connectivity index (χ4v) is 2.51. The van der Waals surface area contributed by atoms with Crippen molar-refractivity contribution < 1.29 is 0 Å². The summed E-state index contributed by atoms with van der Waals surface area (Å²) in [5.41, 5.74) is 7.43. The van der Waals surface area contributed by atoms with Crippen LogP contribution in [0.2, 0.25) is 0 Å². The van der Waals surface area contributed by atoms with Crippen LogP contribution in [0.1, 0.15) is 51.6 Å². The van der Waals surface area contributed by atoms with Crippen molar-refractivity contribution in [2.45, 2.75) is 46.1 Å². The van der Waals surface area contributed by atoms with E-state index in [1.807, 2.05) is 13.1 Å². The molecule has 0 spiro atoms. The van der Waals surface area contributed by atoms with Gasteiger partial charge in [0, 0.05) is 25.3 Å². The Hall–Kier alpha value is -1.09. The summed E-state index contributed by atoms with van der Waals surface area (Å²) in [6, 6.07) is 4.27. The monoisotopic (exact) mass is 247 g/mol. The van der Waals surface area contributed by atoms with E-state index in [4.69, 9.17) is 5.73 Å². The first kappa shape index (κ1) is 13.3. The first-order valence-electron chi connectivity index (χ1n) is 6.94. The molecule has 0 saturated carbocycles. The minimum absolute atomic E-state index is 0.0645. The highest BCUT2D eigenvalue weighted by molar-refractivity contribution is 5.40. The Labute approximate surface area is 110 Å². The lowest BCUT2D eigenvalue weighted by molar-refractivity contribution is 0.325. The molecule has 1 aliphatic heterocycles. The quantitative estimate of drug-likeness (QED) is 0.873. The SMILES string of the molecule is C[C@H](N)c1ccc(N2CCCC(C)(C)CC2)nc1. The summed E-state index contributed by atoms with van der Waals surface area (Å²) in [6.07, 6.45) is 5.71. The van der Waals surface area contributed by atoms with E-state index in [-0.39, 0.29) is 6.04 Å². The average molecular weight is 247 g/mol. The lowest BCUT2D eigenvalue weighted by atomic mass is 9.85. The lowest BCUT2D eigenvalue weighted by Crippen LogP contribution is -2.26. The van der Waals surface area contributed by atoms with Crippen LogP contribution in [0, 0.1) is 5.41 Å². The van der Waals surface area contributed by atoms with Crippen molar-refractivity contribution in [1.29, 1.82) is 0 Å². The molecule has 0 amide bonds. The molecule has 18 heavy (non-hydrogen) atoms. The highest BCUT2D eigenvalue weighted by Crippen LogP contribution is 2.31. The van der Waals surface area contributed by atoms with E-state index in [0.29, 0.717) is 5.41 Å². The molecule has 1 atom stereocenters. The van der Waals surface area contributed by atoms with Crippen molar-refractivity contribution in [3.8, 4) is 0 Å². The van der Waals surface area contributed by atoms with E-state index in [0.717, 1.165) is 24.5 Å². The largest absolute Gasteiger partial charge is 0.357 e. The van der Waals surface area contributed by atoms with Crippen LogP contribution in [0.4, 0.5) is 5.82 Å². The summed E-state index contributed by atoms with van der Waals surface area (Å²) >= 11 is 0. The molecule has 1 aliphatic rings. The van der Waals surface area contributed by atoms with Crippen LogP contribution >= 0.6 is 0 Å². The molecule has 100 valence electrons. The van der Waals surface area contributed by atoms with Crippen molar-refractivity contribution >= 4 is 5.82 Å². The molecule has 3 heteroatoms. The Balaban J connectivity index is 2.07. The Bertz CT molecular complexity index is 381. The normalized spacial score (nSPS) is 21.4. The number of pyridine rings is 1. The molecule has 1 aromatic heterocycles. The summed E-state index contributed by atoms with van der Waals surface area (Å²) in [7, 11) is 0. The van der Waals surface area contributed by atoms with Gasteiger partial charge in [-0.15, -0.1) is 0 Å². The fraction of sp³-hybridized carbons (Fsp3) is 0.667. The topological polar surface area (TPSA) is 42.1 Å². The molecule has 1 aromatic rings. The zero-order valence-electron chi connectivity index (χ0n) is 11.8. The van der Waals surface area contributed by atoms with Gasteiger partial charge in [0.05, 0.1) is 0 Å². The third kappa shape index (κ3) is 3.22. The van der Waals surface area contributed by atoms with Gasteiger partial charge in [0.1, 0.15) is 5.82 Å². The van der Waals surface area contributed by atoms with Crippen LogP contribution in [0.5, 0.6) is 0 Å². The number of hydrogen-bond donors (Lipinski definition) is 1. The molecule has 2 N–H and O–H groups in total. The van der Waals surface area contributed by atoms with Gasteiger partial charge in [-0.2, -0.15) is 0 Å². The molecule has 3 nitrogen and oxygen atoms in total. The standard InChI is InChI=1S/C15H25N3/c1-12(16)13-5-6-14(17-11-13)18-9-4-7-15(2,3)8-10-18/h5-6,11-12H,4,7-10,16H2,1-3H3/t12-/m0/s1. The second kappa shape index (κ2) is 5.27. The van der Waals surface area contributed by atoms with Crippen LogP contribution in [0.3, 0.4) is 0 Å². The number of nitrogens with two attached hydrogens (primary N) is 1. The molecule has 0 aliphatic carbocycles. The lowest BCUT2D eigenvalue weighted by Gasteiger charge is -2.24. The number of hydrogen-bond acceptors (Lipinski definition) is 3. The van der Waals surface area contributed by atoms with Crippen LogP contribution in [-0.2, 0) is 0 Å². The second-order valence-corrected chi connectivity index (χ2v) is 6.24. The fourth-order valence-electron chi connectivity index (χ4n) is 2.51. The van der Waals surface area contributed by atoms with Gasteiger partial charge in [0.15, 0.2) is 0 Å². The maximum atomic E-state index is 5.85.